The van der Waals surface area contributed by atoms with Gasteiger partial charge in [-0.1, -0.05) is 0 Å². The first-order chi connectivity index (χ1) is 19.2. The zero-order valence-electron chi connectivity index (χ0n) is 24.6. The molecule has 0 aliphatic carbocycles. The highest BCUT2D eigenvalue weighted by atomic mass is 32.9. The molecule has 0 fully saturated rings. The smallest absolute Gasteiger partial charge is 0.377 e. The average Bonchev–Trinajstić information content (AvgIpc) is 3.68. The van der Waals surface area contributed by atoms with Gasteiger partial charge in [0, 0.05) is 128 Å². The topological polar surface area (TPSA) is 28.5 Å². The van der Waals surface area contributed by atoms with E-state index in [9.17, 15) is 0 Å². The van der Waals surface area contributed by atoms with Gasteiger partial charge in [0.15, 0.2) is 49.6 Å². The first kappa shape index (κ1) is 28.7. The number of hydrogen-bond acceptors (Lipinski definition) is 4. The third kappa shape index (κ3) is 5.92. The van der Waals surface area contributed by atoms with E-state index in [2.05, 4.69) is 191 Å². The molecule has 0 aromatic carbocycles. The number of aromatic nitrogens is 4. The molecule has 5 heterocycles. The van der Waals surface area contributed by atoms with E-state index < -0.39 is 7.91 Å². The standard InChI is InChI=1S/C28H40N8P4/c1-29(2)25-9-17-33(18-10-25)37(34-19-11-26(12-20-34)30(3)4)40-38(35-21-13-27(14-22-35)31(5)6)39(40)36-23-15-28(16-24-36)32(7)8/h9-24H,1-8H3/q+4. The third-order valence-corrected chi connectivity index (χ3v) is 32.6. The molecule has 0 aliphatic heterocycles. The Morgan fingerprint density at radius 2 is 0.675 bits per heavy atom. The Morgan fingerprint density at radius 1 is 0.425 bits per heavy atom. The van der Waals surface area contributed by atoms with E-state index in [1.807, 2.05) is 0 Å². The van der Waals surface area contributed by atoms with Crippen molar-refractivity contribution in [3.8, 4) is 0 Å². The van der Waals surface area contributed by atoms with Crippen molar-refractivity contribution >= 4 is 51.3 Å². The Bertz CT molecular complexity index is 1420. The van der Waals surface area contributed by atoms with E-state index in [1.165, 1.54) is 22.7 Å². The largest absolute Gasteiger partial charge is 0.560 e. The molecule has 0 saturated heterocycles. The lowest BCUT2D eigenvalue weighted by molar-refractivity contribution is -0.621. The quantitative estimate of drug-likeness (QED) is 0.223. The molecule has 0 aliphatic rings. The monoisotopic (exact) mass is 612 g/mol. The second-order valence-electron chi connectivity index (χ2n) is 10.4. The minimum atomic E-state index is -0.672. The number of hydrogen-bond donors (Lipinski definition) is 0. The fraction of sp³-hybridized carbons (Fsp3) is 0.286. The highest BCUT2D eigenvalue weighted by Gasteiger charge is 2.58. The number of rotatable bonds is 9. The second-order valence-corrected chi connectivity index (χ2v) is 28.3. The van der Waals surface area contributed by atoms with Crippen LogP contribution in [-0.2, 0) is 0 Å². The van der Waals surface area contributed by atoms with Crippen LogP contribution in [0.4, 0.5) is 22.7 Å². The van der Waals surface area contributed by atoms with Crippen molar-refractivity contribution in [2.45, 2.75) is 0 Å². The van der Waals surface area contributed by atoms with Crippen molar-refractivity contribution in [1.29, 1.82) is 0 Å². The molecule has 0 bridgehead atoms. The average molecular weight is 613 g/mol. The van der Waals surface area contributed by atoms with Gasteiger partial charge in [-0.3, -0.25) is 0 Å². The first-order valence-corrected chi connectivity index (χ1v) is 21.1. The maximum atomic E-state index is 2.53. The van der Waals surface area contributed by atoms with Crippen LogP contribution in [0.1, 0.15) is 0 Å². The molecule has 0 radical (unpaired) electrons. The molecule has 0 amide bonds. The minimum Gasteiger partial charge on any atom is -0.377 e. The molecule has 208 valence electrons. The fourth-order valence-corrected chi connectivity index (χ4v) is 39.0. The molecule has 5 aromatic rings. The summed E-state index contributed by atoms with van der Waals surface area (Å²) in [5.74, 6) is 0. The van der Waals surface area contributed by atoms with Crippen LogP contribution in [0.2, 0.25) is 0 Å². The van der Waals surface area contributed by atoms with Gasteiger partial charge in [0.25, 0.3) is 14.1 Å². The molecule has 2 atom stereocenters. The van der Waals surface area contributed by atoms with E-state index in [4.69, 9.17) is 0 Å². The molecule has 40 heavy (non-hydrogen) atoms. The van der Waals surface area contributed by atoms with E-state index in [-0.39, 0.29) is 20.7 Å². The van der Waals surface area contributed by atoms with Crippen LogP contribution in [-0.4, -0.2) is 56.4 Å². The summed E-state index contributed by atoms with van der Waals surface area (Å²) in [6.45, 7) is -0.354. The summed E-state index contributed by atoms with van der Waals surface area (Å²) in [7, 11) is 15.4. The Labute approximate surface area is 242 Å². The molecule has 0 spiro atoms. The van der Waals surface area contributed by atoms with Crippen molar-refractivity contribution in [2.24, 2.45) is 0 Å². The van der Waals surface area contributed by atoms with E-state index in [0.29, 0.717) is 0 Å². The Morgan fingerprint density at radius 3 is 0.925 bits per heavy atom. The fourth-order valence-electron chi connectivity index (χ4n) is 4.24. The lowest BCUT2D eigenvalue weighted by Gasteiger charge is -2.11. The second kappa shape index (κ2) is 11.9. The Hall–Kier alpha value is -2.87. The lowest BCUT2D eigenvalue weighted by atomic mass is 10.4. The molecule has 12 heteroatoms. The summed E-state index contributed by atoms with van der Waals surface area (Å²) in [4.78, 5) is 8.67. The summed E-state index contributed by atoms with van der Waals surface area (Å²) < 4.78 is 10.0. The third-order valence-electron chi connectivity index (χ3n) is 6.69. The van der Waals surface area contributed by atoms with Crippen molar-refractivity contribution in [1.82, 2.24) is 0 Å². The van der Waals surface area contributed by atoms with Gasteiger partial charge < -0.3 is 19.6 Å². The summed E-state index contributed by atoms with van der Waals surface area (Å²) in [6, 6.07) is 18.0. The minimum absolute atomic E-state index is 0.354. The van der Waals surface area contributed by atoms with Crippen molar-refractivity contribution in [2.75, 3.05) is 76.0 Å². The van der Waals surface area contributed by atoms with Gasteiger partial charge in [-0.2, -0.15) is 0 Å². The number of nitrogens with zero attached hydrogens (tertiary/aromatic N) is 8. The summed E-state index contributed by atoms with van der Waals surface area (Å²) >= 11 is 0. The molecular weight excluding hydrogens is 572 g/mol. The highest BCUT2D eigenvalue weighted by molar-refractivity contribution is 8.85. The van der Waals surface area contributed by atoms with Crippen LogP contribution < -0.4 is 37.0 Å². The number of pyridine rings is 4. The van der Waals surface area contributed by atoms with Crippen molar-refractivity contribution < 1.29 is 17.4 Å². The van der Waals surface area contributed by atoms with Gasteiger partial charge in [-0.25, -0.2) is 0 Å². The summed E-state index contributed by atoms with van der Waals surface area (Å²) in [5.41, 5.74) is 4.90. The van der Waals surface area contributed by atoms with Crippen molar-refractivity contribution in [3.05, 3.63) is 98.1 Å². The molecule has 5 aromatic heterocycles. The van der Waals surface area contributed by atoms with Gasteiger partial charge in [-0.05, 0) is 0 Å². The van der Waals surface area contributed by atoms with E-state index in [0.717, 1.165) is 0 Å². The number of anilines is 4. The van der Waals surface area contributed by atoms with Crippen molar-refractivity contribution in [3.63, 3.8) is 0 Å². The van der Waals surface area contributed by atoms with Crippen LogP contribution in [0, 0.1) is 0 Å². The van der Waals surface area contributed by atoms with E-state index >= 15 is 0 Å². The van der Waals surface area contributed by atoms with Crippen LogP contribution in [0.15, 0.2) is 98.1 Å². The van der Waals surface area contributed by atoms with Gasteiger partial charge in [-0.15, -0.1) is 17.4 Å². The van der Waals surface area contributed by atoms with Crippen LogP contribution in [0.5, 0.6) is 0 Å². The molecule has 5 rings (SSSR count). The molecular formula is C28H40N8P4+4. The van der Waals surface area contributed by atoms with Crippen LogP contribution in [0.3, 0.4) is 0 Å². The lowest BCUT2D eigenvalue weighted by Crippen LogP contribution is -2.41. The SMILES string of the molecule is CN(C)c1cc[n+](P([n+]2ccc(N(C)C)cc2)p2p(-[n+]3ccc(N(C)C)cc3)p2-[n+]2ccc(N(C)C)cc2)cc1. The molecule has 2 unspecified atom stereocenters. The van der Waals surface area contributed by atoms with Gasteiger partial charge >= 0.3 is 7.91 Å². The van der Waals surface area contributed by atoms with E-state index in [1.54, 1.807) is 0 Å². The first-order valence-electron chi connectivity index (χ1n) is 13.1. The Balaban J connectivity index is 1.68. The zero-order chi connectivity index (χ0) is 28.6. The maximum absolute atomic E-state index is 2.53. The van der Waals surface area contributed by atoms with Crippen LogP contribution in [0.25, 0.3) is 0 Å². The van der Waals surface area contributed by atoms with Gasteiger partial charge in [0.1, 0.15) is 0 Å². The van der Waals surface area contributed by atoms with Gasteiger partial charge in [0.2, 0.25) is 6.58 Å². The maximum Gasteiger partial charge on any atom is 0.560 e. The highest BCUT2D eigenvalue weighted by Crippen LogP contribution is 2.93. The molecule has 0 N–H and O–H groups in total. The van der Waals surface area contributed by atoms with Crippen LogP contribution >= 0.6 is 28.6 Å². The molecule has 0 saturated carbocycles. The Kier molecular flexibility index (Phi) is 8.55. The normalized spacial score (nSPS) is 12.6. The van der Waals surface area contributed by atoms with Gasteiger partial charge in [0.05, 0.1) is 0 Å². The predicted molar refractivity (Wildman–Crippen MR) is 173 cm³/mol. The predicted octanol–water partition coefficient (Wildman–Crippen LogP) is 4.85. The summed E-state index contributed by atoms with van der Waals surface area (Å²) in [5, 5.41) is 0. The molecule has 8 nitrogen and oxygen atoms in total. The zero-order valence-corrected chi connectivity index (χ0v) is 28.2. The summed E-state index contributed by atoms with van der Waals surface area (Å²) in [6.07, 6.45) is 18.4.